The first kappa shape index (κ1) is 18.4. The summed E-state index contributed by atoms with van der Waals surface area (Å²) in [5.74, 6) is -1.82. The maximum atomic E-state index is 12.8. The molecule has 0 spiro atoms. The van der Waals surface area contributed by atoms with Crippen LogP contribution in [0.4, 0.5) is 0 Å². The Hall–Kier alpha value is -2.38. The van der Waals surface area contributed by atoms with Crippen LogP contribution in [0.5, 0.6) is 0 Å². The van der Waals surface area contributed by atoms with Crippen molar-refractivity contribution in [2.24, 2.45) is 5.92 Å². The predicted octanol–water partition coefficient (Wildman–Crippen LogP) is 1.39. The summed E-state index contributed by atoms with van der Waals surface area (Å²) in [6.07, 6.45) is 7.23. The van der Waals surface area contributed by atoms with Crippen LogP contribution in [0.3, 0.4) is 0 Å². The first-order valence-electron chi connectivity index (χ1n) is 9.27. The molecule has 1 aromatic rings. The molecule has 142 valence electrons. The van der Waals surface area contributed by atoms with Crippen molar-refractivity contribution in [3.05, 3.63) is 18.0 Å². The monoisotopic (exact) mass is 362 g/mol. The molecule has 0 radical (unpaired) electrons. The van der Waals surface area contributed by atoms with Gasteiger partial charge in [0.1, 0.15) is 5.69 Å². The number of piperidine rings is 1. The van der Waals surface area contributed by atoms with Gasteiger partial charge in [0.05, 0.1) is 18.5 Å². The van der Waals surface area contributed by atoms with Crippen molar-refractivity contribution in [3.63, 3.8) is 0 Å². The zero-order valence-electron chi connectivity index (χ0n) is 15.1. The van der Waals surface area contributed by atoms with E-state index in [2.05, 4.69) is 5.10 Å². The van der Waals surface area contributed by atoms with E-state index in [1.807, 2.05) is 0 Å². The molecule has 0 bridgehead atoms. The lowest BCUT2D eigenvalue weighted by molar-refractivity contribution is -0.145. The average molecular weight is 362 g/mol. The highest BCUT2D eigenvalue weighted by molar-refractivity contribution is 5.95. The lowest BCUT2D eigenvalue weighted by Gasteiger charge is -2.32. The predicted molar refractivity (Wildman–Crippen MR) is 93.6 cm³/mol. The molecule has 1 atom stereocenters. The summed E-state index contributed by atoms with van der Waals surface area (Å²) < 4.78 is 1.79. The van der Waals surface area contributed by atoms with Crippen LogP contribution in [0.15, 0.2) is 12.3 Å². The van der Waals surface area contributed by atoms with Gasteiger partial charge in [-0.05, 0) is 31.7 Å². The smallest absolute Gasteiger partial charge is 0.308 e. The molecular formula is C18H26N4O4. The van der Waals surface area contributed by atoms with Crippen LogP contribution in [0.1, 0.15) is 55.1 Å². The topological polar surface area (TPSA) is 95.7 Å². The number of nitrogens with zero attached hydrogens (tertiary/aromatic N) is 4. The summed E-state index contributed by atoms with van der Waals surface area (Å²) >= 11 is 0. The fourth-order valence-corrected chi connectivity index (χ4v) is 3.90. The van der Waals surface area contributed by atoms with E-state index in [-0.39, 0.29) is 30.9 Å². The summed E-state index contributed by atoms with van der Waals surface area (Å²) in [5.41, 5.74) is 0.509. The van der Waals surface area contributed by atoms with Crippen LogP contribution in [0.2, 0.25) is 0 Å². The Balaban J connectivity index is 1.61. The number of carbonyl (C=O) groups is 3. The van der Waals surface area contributed by atoms with Gasteiger partial charge < -0.3 is 14.9 Å². The van der Waals surface area contributed by atoms with E-state index < -0.39 is 11.9 Å². The number of rotatable bonds is 5. The number of carboxylic acids is 1. The molecule has 0 aromatic carbocycles. The maximum Gasteiger partial charge on any atom is 0.308 e. The minimum Gasteiger partial charge on any atom is -0.481 e. The maximum absolute atomic E-state index is 12.8. The van der Waals surface area contributed by atoms with Crippen LogP contribution < -0.4 is 0 Å². The van der Waals surface area contributed by atoms with Gasteiger partial charge in [0.2, 0.25) is 5.91 Å². The SMILES string of the molecule is CN(CC(=O)N1CCCC(C(=O)O)C1)C(=O)c1ccnn1C1CCCC1. The summed E-state index contributed by atoms with van der Waals surface area (Å²) in [4.78, 5) is 39.4. The second-order valence-corrected chi connectivity index (χ2v) is 7.28. The summed E-state index contributed by atoms with van der Waals surface area (Å²) in [7, 11) is 1.60. The fourth-order valence-electron chi connectivity index (χ4n) is 3.90. The average Bonchev–Trinajstić information content (AvgIpc) is 3.32. The van der Waals surface area contributed by atoms with Crippen molar-refractivity contribution < 1.29 is 19.5 Å². The molecule has 2 amide bonds. The van der Waals surface area contributed by atoms with Gasteiger partial charge in [-0.25, -0.2) is 0 Å². The second-order valence-electron chi connectivity index (χ2n) is 7.28. The highest BCUT2D eigenvalue weighted by Gasteiger charge is 2.30. The van der Waals surface area contributed by atoms with Crippen molar-refractivity contribution in [1.29, 1.82) is 0 Å². The van der Waals surface area contributed by atoms with Gasteiger partial charge in [0.25, 0.3) is 5.91 Å². The van der Waals surface area contributed by atoms with Crippen LogP contribution in [0.25, 0.3) is 0 Å². The number of carboxylic acid groups (broad SMARTS) is 1. The highest BCUT2D eigenvalue weighted by Crippen LogP contribution is 2.30. The van der Waals surface area contributed by atoms with Gasteiger partial charge in [-0.3, -0.25) is 19.1 Å². The van der Waals surface area contributed by atoms with E-state index in [0.29, 0.717) is 25.1 Å². The summed E-state index contributed by atoms with van der Waals surface area (Å²) in [6, 6.07) is 1.95. The minimum absolute atomic E-state index is 0.0545. The molecule has 1 aromatic heterocycles. The van der Waals surface area contributed by atoms with E-state index in [0.717, 1.165) is 25.7 Å². The molecule has 26 heavy (non-hydrogen) atoms. The number of likely N-dealkylation sites (tertiary alicyclic amines) is 1. The summed E-state index contributed by atoms with van der Waals surface area (Å²) in [6.45, 7) is 0.710. The Bertz CT molecular complexity index is 680. The summed E-state index contributed by atoms with van der Waals surface area (Å²) in [5, 5.41) is 13.5. The minimum atomic E-state index is -0.868. The molecule has 2 fully saturated rings. The highest BCUT2D eigenvalue weighted by atomic mass is 16.4. The Morgan fingerprint density at radius 1 is 1.23 bits per heavy atom. The van der Waals surface area contributed by atoms with Crippen LogP contribution in [-0.4, -0.2) is 69.2 Å². The van der Waals surface area contributed by atoms with Gasteiger partial charge >= 0.3 is 5.97 Å². The van der Waals surface area contributed by atoms with Crippen molar-refractivity contribution in [2.75, 3.05) is 26.7 Å². The fraction of sp³-hybridized carbons (Fsp3) is 0.667. The molecule has 8 heteroatoms. The van der Waals surface area contributed by atoms with Crippen molar-refractivity contribution in [1.82, 2.24) is 19.6 Å². The molecule has 3 rings (SSSR count). The molecule has 2 heterocycles. The molecule has 1 unspecified atom stereocenters. The van der Waals surface area contributed by atoms with E-state index >= 15 is 0 Å². The molecular weight excluding hydrogens is 336 g/mol. The van der Waals surface area contributed by atoms with E-state index in [1.165, 1.54) is 4.90 Å². The van der Waals surface area contributed by atoms with Gasteiger partial charge in [0.15, 0.2) is 0 Å². The van der Waals surface area contributed by atoms with Crippen LogP contribution >= 0.6 is 0 Å². The number of carbonyl (C=O) groups excluding carboxylic acids is 2. The first-order chi connectivity index (χ1) is 12.5. The van der Waals surface area contributed by atoms with Crippen molar-refractivity contribution in [3.8, 4) is 0 Å². The number of aliphatic carboxylic acids is 1. The number of amides is 2. The Morgan fingerprint density at radius 3 is 2.65 bits per heavy atom. The quantitative estimate of drug-likeness (QED) is 0.854. The lowest BCUT2D eigenvalue weighted by Crippen LogP contribution is -2.47. The number of hydrogen-bond donors (Lipinski definition) is 1. The molecule has 1 saturated carbocycles. The molecule has 8 nitrogen and oxygen atoms in total. The molecule has 1 N–H and O–H groups in total. The number of hydrogen-bond acceptors (Lipinski definition) is 4. The Kier molecular flexibility index (Phi) is 5.58. The third-order valence-electron chi connectivity index (χ3n) is 5.40. The molecule has 1 aliphatic carbocycles. The lowest BCUT2D eigenvalue weighted by atomic mass is 9.98. The standard InChI is InChI=1S/C18H26N4O4/c1-20(12-16(23)21-10-4-5-13(11-21)18(25)26)17(24)15-8-9-19-22(15)14-6-2-3-7-14/h8-9,13-14H,2-7,10-12H2,1H3,(H,25,26). The van der Waals surface area contributed by atoms with E-state index in [4.69, 9.17) is 5.11 Å². The van der Waals surface area contributed by atoms with Gasteiger partial charge in [0, 0.05) is 26.3 Å². The Labute approximate surface area is 152 Å². The van der Waals surface area contributed by atoms with E-state index in [1.54, 1.807) is 28.9 Å². The number of likely N-dealkylation sites (N-methyl/N-ethyl adjacent to an activating group) is 1. The second kappa shape index (κ2) is 7.88. The van der Waals surface area contributed by atoms with Gasteiger partial charge in [-0.2, -0.15) is 5.10 Å². The zero-order valence-corrected chi connectivity index (χ0v) is 15.1. The molecule has 1 saturated heterocycles. The van der Waals surface area contributed by atoms with Crippen molar-refractivity contribution in [2.45, 2.75) is 44.6 Å². The van der Waals surface area contributed by atoms with Crippen LogP contribution in [-0.2, 0) is 9.59 Å². The number of aromatic nitrogens is 2. The first-order valence-corrected chi connectivity index (χ1v) is 9.27. The van der Waals surface area contributed by atoms with E-state index in [9.17, 15) is 14.4 Å². The van der Waals surface area contributed by atoms with Gasteiger partial charge in [-0.1, -0.05) is 12.8 Å². The zero-order chi connectivity index (χ0) is 18.7. The molecule has 1 aliphatic heterocycles. The Morgan fingerprint density at radius 2 is 1.96 bits per heavy atom. The third kappa shape index (κ3) is 3.89. The normalized spacial score (nSPS) is 21.0. The van der Waals surface area contributed by atoms with Crippen molar-refractivity contribution >= 4 is 17.8 Å². The molecule has 2 aliphatic rings. The largest absolute Gasteiger partial charge is 0.481 e. The third-order valence-corrected chi connectivity index (χ3v) is 5.40. The van der Waals surface area contributed by atoms with Crippen LogP contribution in [0, 0.1) is 5.92 Å². The van der Waals surface area contributed by atoms with Gasteiger partial charge in [-0.15, -0.1) is 0 Å².